The molecule has 9 heteroatoms. The molecule has 3 rings (SSSR count). The normalized spacial score (nSPS) is 16.0. The Morgan fingerprint density at radius 2 is 1.79 bits per heavy atom. The first-order chi connectivity index (χ1) is 13.3. The molecular weight excluding hydrogens is 413 g/mol. The zero-order chi connectivity index (χ0) is 20.3. The second-order valence-electron chi connectivity index (χ2n) is 6.56. The number of hydrogen-bond acceptors (Lipinski definition) is 3. The molecule has 1 fully saturated rings. The molecule has 0 unspecified atom stereocenters. The number of halogens is 4. The van der Waals surface area contributed by atoms with Crippen molar-refractivity contribution in [3.63, 3.8) is 0 Å². The molecule has 4 nitrogen and oxygen atoms in total. The van der Waals surface area contributed by atoms with Crippen LogP contribution in [0, 0.1) is 0 Å². The molecule has 0 saturated heterocycles. The average Bonchev–Trinajstić information content (AvgIpc) is 3.33. The molecule has 2 amide bonds. The van der Waals surface area contributed by atoms with E-state index in [0.29, 0.717) is 14.8 Å². The van der Waals surface area contributed by atoms with Gasteiger partial charge in [-0.2, -0.15) is 13.2 Å². The highest BCUT2D eigenvalue weighted by Gasteiger charge is 2.47. The van der Waals surface area contributed by atoms with Gasteiger partial charge in [0.1, 0.15) is 0 Å². The lowest BCUT2D eigenvalue weighted by Crippen LogP contribution is -2.50. The quantitative estimate of drug-likeness (QED) is 0.717. The van der Waals surface area contributed by atoms with E-state index in [0.717, 1.165) is 37.0 Å². The van der Waals surface area contributed by atoms with Crippen LogP contribution in [-0.4, -0.2) is 24.0 Å². The van der Waals surface area contributed by atoms with Crippen molar-refractivity contribution in [2.75, 3.05) is 4.90 Å². The number of amides is 2. The Hall–Kier alpha value is -2.06. The van der Waals surface area contributed by atoms with Gasteiger partial charge >= 0.3 is 12.1 Å². The second-order valence-corrected chi connectivity index (χ2v) is 7.97. The molecule has 1 aromatic carbocycles. The first kappa shape index (κ1) is 20.7. The van der Waals surface area contributed by atoms with Crippen LogP contribution < -0.4 is 10.2 Å². The standard InChI is InChI=1S/C19H18ClF3N2O2S/c20-12-7-9-14(10-8-12)25(18(27)19(21,22)23)16(15-6-3-11-28-15)17(26)24-13-4-1-2-5-13/h3,6-11,13,16H,1-2,4-5H2,(H,24,26)/t16-/m1/s1. The summed E-state index contributed by atoms with van der Waals surface area (Å²) in [5, 5.41) is 4.78. The fourth-order valence-electron chi connectivity index (χ4n) is 3.29. The molecule has 1 aliphatic rings. The lowest BCUT2D eigenvalue weighted by molar-refractivity contribution is -0.171. The average molecular weight is 431 g/mol. The largest absolute Gasteiger partial charge is 0.471 e. The summed E-state index contributed by atoms with van der Waals surface area (Å²) in [6.07, 6.45) is -1.68. The molecule has 1 aliphatic carbocycles. The molecule has 2 aromatic rings. The van der Waals surface area contributed by atoms with Crippen molar-refractivity contribution in [3.8, 4) is 0 Å². The van der Waals surface area contributed by atoms with Gasteiger partial charge in [0.2, 0.25) is 5.91 Å². The maximum Gasteiger partial charge on any atom is 0.471 e. The number of hydrogen-bond donors (Lipinski definition) is 1. The number of nitrogens with zero attached hydrogens (tertiary/aromatic N) is 1. The van der Waals surface area contributed by atoms with Crippen LogP contribution in [0.1, 0.15) is 36.6 Å². The molecule has 1 N–H and O–H groups in total. The van der Waals surface area contributed by atoms with E-state index >= 15 is 0 Å². The molecule has 1 atom stereocenters. The van der Waals surface area contributed by atoms with Gasteiger partial charge in [0.15, 0.2) is 6.04 Å². The Labute approximate surface area is 169 Å². The lowest BCUT2D eigenvalue weighted by Gasteiger charge is -2.31. The van der Waals surface area contributed by atoms with E-state index in [1.165, 1.54) is 24.3 Å². The molecule has 150 valence electrons. The summed E-state index contributed by atoms with van der Waals surface area (Å²) in [6.45, 7) is 0. The van der Waals surface area contributed by atoms with Crippen LogP contribution in [0.5, 0.6) is 0 Å². The Balaban J connectivity index is 2.03. The summed E-state index contributed by atoms with van der Waals surface area (Å²) in [5.74, 6) is -2.73. The molecule has 0 spiro atoms. The highest BCUT2D eigenvalue weighted by Crippen LogP contribution is 2.35. The van der Waals surface area contributed by atoms with Crippen LogP contribution in [0.2, 0.25) is 5.02 Å². The van der Waals surface area contributed by atoms with Crippen LogP contribution in [0.15, 0.2) is 41.8 Å². The van der Waals surface area contributed by atoms with E-state index in [4.69, 9.17) is 11.6 Å². The Kier molecular flexibility index (Phi) is 6.30. The predicted molar refractivity (Wildman–Crippen MR) is 102 cm³/mol. The zero-order valence-electron chi connectivity index (χ0n) is 14.7. The van der Waals surface area contributed by atoms with Gasteiger partial charge in [-0.3, -0.25) is 14.5 Å². The van der Waals surface area contributed by atoms with Crippen LogP contribution in [0.4, 0.5) is 18.9 Å². The van der Waals surface area contributed by atoms with Gasteiger partial charge in [0.05, 0.1) is 0 Å². The van der Waals surface area contributed by atoms with Crippen molar-refractivity contribution in [3.05, 3.63) is 51.7 Å². The van der Waals surface area contributed by atoms with Crippen molar-refractivity contribution in [1.82, 2.24) is 5.32 Å². The maximum absolute atomic E-state index is 13.4. The number of carbonyl (C=O) groups excluding carboxylic acids is 2. The minimum Gasteiger partial charge on any atom is -0.351 e. The number of anilines is 1. The molecule has 1 aromatic heterocycles. The van der Waals surface area contributed by atoms with Gasteiger partial charge in [-0.1, -0.05) is 30.5 Å². The number of benzene rings is 1. The van der Waals surface area contributed by atoms with E-state index in [1.54, 1.807) is 17.5 Å². The van der Waals surface area contributed by atoms with Gasteiger partial charge < -0.3 is 5.32 Å². The monoisotopic (exact) mass is 430 g/mol. The number of carbonyl (C=O) groups is 2. The summed E-state index contributed by atoms with van der Waals surface area (Å²) in [5.41, 5.74) is -0.0494. The third-order valence-corrected chi connectivity index (χ3v) is 5.76. The van der Waals surface area contributed by atoms with Crippen LogP contribution in [0.3, 0.4) is 0 Å². The molecule has 1 heterocycles. The van der Waals surface area contributed by atoms with E-state index in [2.05, 4.69) is 5.32 Å². The summed E-state index contributed by atoms with van der Waals surface area (Å²) in [4.78, 5) is 26.2. The number of nitrogens with one attached hydrogen (secondary N) is 1. The number of rotatable bonds is 5. The van der Waals surface area contributed by atoms with Gasteiger partial charge in [-0.15, -0.1) is 11.3 Å². The number of alkyl halides is 3. The van der Waals surface area contributed by atoms with Crippen molar-refractivity contribution in [2.24, 2.45) is 0 Å². The minimum atomic E-state index is -5.14. The van der Waals surface area contributed by atoms with E-state index < -0.39 is 24.0 Å². The summed E-state index contributed by atoms with van der Waals surface area (Å²) in [6, 6.07) is 7.04. The first-order valence-corrected chi connectivity index (χ1v) is 10.0. The van der Waals surface area contributed by atoms with Crippen LogP contribution in [-0.2, 0) is 9.59 Å². The van der Waals surface area contributed by atoms with E-state index in [-0.39, 0.29) is 11.7 Å². The Morgan fingerprint density at radius 1 is 1.14 bits per heavy atom. The highest BCUT2D eigenvalue weighted by molar-refractivity contribution is 7.10. The Bertz CT molecular complexity index is 819. The van der Waals surface area contributed by atoms with Gasteiger partial charge in [0, 0.05) is 21.6 Å². The number of thiophene rings is 1. The minimum absolute atomic E-state index is 0.0494. The topological polar surface area (TPSA) is 49.4 Å². The van der Waals surface area contributed by atoms with Gasteiger partial charge in [0.25, 0.3) is 0 Å². The van der Waals surface area contributed by atoms with Crippen LogP contribution >= 0.6 is 22.9 Å². The van der Waals surface area contributed by atoms with Gasteiger partial charge in [-0.25, -0.2) is 0 Å². The molecular formula is C19H18ClF3N2O2S. The highest BCUT2D eigenvalue weighted by atomic mass is 35.5. The maximum atomic E-state index is 13.4. The molecule has 1 saturated carbocycles. The third-order valence-electron chi connectivity index (χ3n) is 4.59. The van der Waals surface area contributed by atoms with Crippen LogP contribution in [0.25, 0.3) is 0 Å². The third kappa shape index (κ3) is 4.67. The molecule has 28 heavy (non-hydrogen) atoms. The SMILES string of the molecule is O=C(NC1CCCC1)[C@@H](c1cccs1)N(C(=O)C(F)(F)F)c1ccc(Cl)cc1. The molecule has 0 bridgehead atoms. The predicted octanol–water partition coefficient (Wildman–Crippen LogP) is 5.10. The fourth-order valence-corrected chi connectivity index (χ4v) is 4.23. The molecule has 0 radical (unpaired) electrons. The first-order valence-electron chi connectivity index (χ1n) is 8.77. The molecule has 0 aliphatic heterocycles. The van der Waals surface area contributed by atoms with E-state index in [1.807, 2.05) is 0 Å². The fraction of sp³-hybridized carbons (Fsp3) is 0.368. The van der Waals surface area contributed by atoms with E-state index in [9.17, 15) is 22.8 Å². The van der Waals surface area contributed by atoms with Crippen molar-refractivity contribution < 1.29 is 22.8 Å². The van der Waals surface area contributed by atoms with Crippen molar-refractivity contribution in [2.45, 2.75) is 43.9 Å². The summed E-state index contributed by atoms with van der Waals surface area (Å²) >= 11 is 6.96. The Morgan fingerprint density at radius 3 is 2.32 bits per heavy atom. The second kappa shape index (κ2) is 8.53. The lowest BCUT2D eigenvalue weighted by atomic mass is 10.1. The van der Waals surface area contributed by atoms with Gasteiger partial charge in [-0.05, 0) is 48.6 Å². The summed E-state index contributed by atoms with van der Waals surface area (Å²) in [7, 11) is 0. The smallest absolute Gasteiger partial charge is 0.351 e. The summed E-state index contributed by atoms with van der Waals surface area (Å²) < 4.78 is 40.2. The van der Waals surface area contributed by atoms with Crippen molar-refractivity contribution >= 4 is 40.4 Å². The van der Waals surface area contributed by atoms with Crippen molar-refractivity contribution in [1.29, 1.82) is 0 Å². The zero-order valence-corrected chi connectivity index (χ0v) is 16.3.